The number of hydrogen-bond donors (Lipinski definition) is 1. The molecule has 0 unspecified atom stereocenters. The summed E-state index contributed by atoms with van der Waals surface area (Å²) in [6.45, 7) is 6.00. The van der Waals surface area contributed by atoms with Crippen molar-refractivity contribution >= 4 is 29.2 Å². The lowest BCUT2D eigenvalue weighted by atomic mass is 10.2. The third-order valence-corrected chi connectivity index (χ3v) is 1.71. The lowest BCUT2D eigenvalue weighted by Gasteiger charge is -1.96. The second-order valence-corrected chi connectivity index (χ2v) is 2.77. The molecule has 0 atom stereocenters. The molecular weight excluding hydrogens is 211 g/mol. The van der Waals surface area contributed by atoms with Gasteiger partial charge in [0.2, 0.25) is 0 Å². The van der Waals surface area contributed by atoms with Gasteiger partial charge in [0.1, 0.15) is 0 Å². The quantitative estimate of drug-likeness (QED) is 0.734. The Kier molecular flexibility index (Phi) is 5.19. The van der Waals surface area contributed by atoms with Gasteiger partial charge in [-0.05, 0) is 18.2 Å². The molecular formula is C9H8Cl2O2. The van der Waals surface area contributed by atoms with E-state index in [2.05, 4.69) is 13.2 Å². The van der Waals surface area contributed by atoms with Crippen molar-refractivity contribution in [3.63, 3.8) is 0 Å². The van der Waals surface area contributed by atoms with Gasteiger partial charge in [-0.15, -0.1) is 13.2 Å². The van der Waals surface area contributed by atoms with Gasteiger partial charge in [0.15, 0.2) is 0 Å². The average Bonchev–Trinajstić information content (AvgIpc) is 2.07. The Morgan fingerprint density at radius 3 is 2.23 bits per heavy atom. The van der Waals surface area contributed by atoms with Crippen LogP contribution in [0.1, 0.15) is 10.4 Å². The Labute approximate surface area is 86.4 Å². The Bertz CT molecular complexity index is 310. The van der Waals surface area contributed by atoms with Gasteiger partial charge in [-0.25, -0.2) is 4.79 Å². The van der Waals surface area contributed by atoms with Crippen LogP contribution < -0.4 is 0 Å². The molecule has 70 valence electrons. The number of carboxylic acids is 1. The Morgan fingerprint density at radius 2 is 1.85 bits per heavy atom. The summed E-state index contributed by atoms with van der Waals surface area (Å²) in [4.78, 5) is 10.4. The van der Waals surface area contributed by atoms with Crippen molar-refractivity contribution in [1.82, 2.24) is 0 Å². The molecule has 0 aromatic heterocycles. The Balaban J connectivity index is 0.000000671. The summed E-state index contributed by atoms with van der Waals surface area (Å²) >= 11 is 11.1. The van der Waals surface area contributed by atoms with Crippen LogP contribution in [0.15, 0.2) is 31.4 Å². The first-order chi connectivity index (χ1) is 6.11. The molecule has 0 bridgehead atoms. The van der Waals surface area contributed by atoms with Gasteiger partial charge in [-0.1, -0.05) is 23.2 Å². The number of halogens is 2. The van der Waals surface area contributed by atoms with Crippen LogP contribution in [0.4, 0.5) is 0 Å². The van der Waals surface area contributed by atoms with Gasteiger partial charge in [-0.2, -0.15) is 0 Å². The standard InChI is InChI=1S/C7H4Cl2O2.C2H4/c8-4-1-2-5(7(10)11)6(9)3-4;1-2/h1-3H,(H,10,11);1-2H2. The molecule has 13 heavy (non-hydrogen) atoms. The number of carbonyl (C=O) groups is 1. The maximum absolute atomic E-state index is 10.4. The summed E-state index contributed by atoms with van der Waals surface area (Å²) in [6, 6.07) is 4.25. The molecule has 0 saturated heterocycles. The van der Waals surface area contributed by atoms with E-state index in [1.54, 1.807) is 0 Å². The number of hydrogen-bond acceptors (Lipinski definition) is 1. The van der Waals surface area contributed by atoms with Gasteiger partial charge >= 0.3 is 5.97 Å². The largest absolute Gasteiger partial charge is 0.478 e. The smallest absolute Gasteiger partial charge is 0.337 e. The zero-order valence-electron chi connectivity index (χ0n) is 6.76. The second kappa shape index (κ2) is 5.62. The predicted molar refractivity (Wildman–Crippen MR) is 54.7 cm³/mol. The second-order valence-electron chi connectivity index (χ2n) is 1.93. The molecule has 0 saturated carbocycles. The summed E-state index contributed by atoms with van der Waals surface area (Å²) in [5.74, 6) is -1.05. The zero-order chi connectivity index (χ0) is 10.4. The molecule has 2 nitrogen and oxygen atoms in total. The first-order valence-corrected chi connectivity index (χ1v) is 4.05. The molecule has 1 N–H and O–H groups in total. The number of benzene rings is 1. The van der Waals surface area contributed by atoms with Crippen molar-refractivity contribution in [3.8, 4) is 0 Å². The highest BCUT2D eigenvalue weighted by molar-refractivity contribution is 6.36. The molecule has 0 spiro atoms. The maximum atomic E-state index is 10.4. The minimum Gasteiger partial charge on any atom is -0.478 e. The summed E-state index contributed by atoms with van der Waals surface area (Å²) in [5, 5.41) is 9.12. The SMILES string of the molecule is C=C.O=C(O)c1ccc(Cl)cc1Cl. The van der Waals surface area contributed by atoms with Crippen LogP contribution in [-0.4, -0.2) is 11.1 Å². The molecule has 0 fully saturated rings. The summed E-state index contributed by atoms with van der Waals surface area (Å²) in [7, 11) is 0. The van der Waals surface area contributed by atoms with Crippen LogP contribution in [0.2, 0.25) is 10.0 Å². The Hall–Kier alpha value is -0.990. The van der Waals surface area contributed by atoms with Crippen LogP contribution in [-0.2, 0) is 0 Å². The van der Waals surface area contributed by atoms with Gasteiger partial charge in [-0.3, -0.25) is 0 Å². The topological polar surface area (TPSA) is 37.3 Å². The minimum atomic E-state index is -1.05. The molecule has 0 aliphatic heterocycles. The monoisotopic (exact) mass is 218 g/mol. The fourth-order valence-electron chi connectivity index (χ4n) is 0.663. The van der Waals surface area contributed by atoms with E-state index in [9.17, 15) is 4.79 Å². The van der Waals surface area contributed by atoms with E-state index in [1.165, 1.54) is 18.2 Å². The highest BCUT2D eigenvalue weighted by atomic mass is 35.5. The highest BCUT2D eigenvalue weighted by Gasteiger charge is 2.07. The molecule has 4 heteroatoms. The van der Waals surface area contributed by atoms with Crippen LogP contribution in [0.3, 0.4) is 0 Å². The van der Waals surface area contributed by atoms with Crippen molar-refractivity contribution in [2.45, 2.75) is 0 Å². The zero-order valence-corrected chi connectivity index (χ0v) is 8.27. The number of rotatable bonds is 1. The molecule has 1 aromatic carbocycles. The van der Waals surface area contributed by atoms with Crippen LogP contribution in [0, 0.1) is 0 Å². The van der Waals surface area contributed by atoms with Crippen molar-refractivity contribution in [3.05, 3.63) is 47.0 Å². The van der Waals surface area contributed by atoms with Crippen molar-refractivity contribution in [2.75, 3.05) is 0 Å². The highest BCUT2D eigenvalue weighted by Crippen LogP contribution is 2.20. The third kappa shape index (κ3) is 3.49. The van der Waals surface area contributed by atoms with E-state index in [1.807, 2.05) is 0 Å². The lowest BCUT2D eigenvalue weighted by molar-refractivity contribution is 0.0697. The molecule has 0 aliphatic carbocycles. The maximum Gasteiger partial charge on any atom is 0.337 e. The molecule has 0 amide bonds. The van der Waals surface area contributed by atoms with Crippen LogP contribution >= 0.6 is 23.2 Å². The van der Waals surface area contributed by atoms with E-state index in [-0.39, 0.29) is 10.6 Å². The fraction of sp³-hybridized carbons (Fsp3) is 0. The number of aromatic carboxylic acids is 1. The Morgan fingerprint density at radius 1 is 1.31 bits per heavy atom. The molecule has 1 rings (SSSR count). The summed E-state index contributed by atoms with van der Waals surface area (Å²) < 4.78 is 0. The van der Waals surface area contributed by atoms with E-state index in [0.29, 0.717) is 5.02 Å². The van der Waals surface area contributed by atoms with E-state index < -0.39 is 5.97 Å². The molecule has 0 heterocycles. The van der Waals surface area contributed by atoms with Gasteiger partial charge in [0.05, 0.1) is 10.6 Å². The third-order valence-electron chi connectivity index (χ3n) is 1.16. The van der Waals surface area contributed by atoms with Crippen molar-refractivity contribution < 1.29 is 9.90 Å². The summed E-state index contributed by atoms with van der Waals surface area (Å²) in [6.07, 6.45) is 0. The normalized spacial score (nSPS) is 8.46. The van der Waals surface area contributed by atoms with Gasteiger partial charge in [0.25, 0.3) is 0 Å². The molecule has 0 aliphatic rings. The van der Waals surface area contributed by atoms with Gasteiger partial charge < -0.3 is 5.11 Å². The minimum absolute atomic E-state index is 0.0658. The average molecular weight is 219 g/mol. The summed E-state index contributed by atoms with van der Waals surface area (Å²) in [5.41, 5.74) is 0.0658. The van der Waals surface area contributed by atoms with Crippen molar-refractivity contribution in [2.24, 2.45) is 0 Å². The first-order valence-electron chi connectivity index (χ1n) is 3.29. The lowest BCUT2D eigenvalue weighted by Crippen LogP contribution is -1.96. The molecule has 0 radical (unpaired) electrons. The van der Waals surface area contributed by atoms with E-state index in [0.717, 1.165) is 0 Å². The fourth-order valence-corrected chi connectivity index (χ4v) is 1.15. The van der Waals surface area contributed by atoms with E-state index in [4.69, 9.17) is 28.3 Å². The predicted octanol–water partition coefficient (Wildman–Crippen LogP) is 3.49. The van der Waals surface area contributed by atoms with Crippen LogP contribution in [0.5, 0.6) is 0 Å². The molecule has 1 aromatic rings. The van der Waals surface area contributed by atoms with Gasteiger partial charge in [0, 0.05) is 5.02 Å². The van der Waals surface area contributed by atoms with E-state index >= 15 is 0 Å². The van der Waals surface area contributed by atoms with Crippen molar-refractivity contribution in [1.29, 1.82) is 0 Å². The van der Waals surface area contributed by atoms with Crippen LogP contribution in [0.25, 0.3) is 0 Å². The number of carboxylic acid groups (broad SMARTS) is 1. The first kappa shape index (κ1) is 12.0.